The maximum absolute atomic E-state index is 13.3. The molecule has 0 saturated carbocycles. The predicted molar refractivity (Wildman–Crippen MR) is 131 cm³/mol. The van der Waals surface area contributed by atoms with Crippen molar-refractivity contribution >= 4 is 40.1 Å². The third kappa shape index (κ3) is 4.47. The smallest absolute Gasteiger partial charge is 0.292 e. The minimum Gasteiger partial charge on any atom is -0.431 e. The van der Waals surface area contributed by atoms with Crippen LogP contribution < -0.4 is 4.90 Å². The minimum atomic E-state index is -0.363. The van der Waals surface area contributed by atoms with Gasteiger partial charge in [0.1, 0.15) is 11.2 Å². The molecule has 0 spiro atoms. The SMILES string of the molecule is O=C(c1ccccc1CSc1nc2ccccc2o1)N1CCN(c2ccccc2[N+](=O)[O-])CC1. The summed E-state index contributed by atoms with van der Waals surface area (Å²) in [5, 5.41) is 11.9. The van der Waals surface area contributed by atoms with E-state index in [1.54, 1.807) is 18.2 Å². The Morgan fingerprint density at radius 3 is 2.47 bits per heavy atom. The maximum atomic E-state index is 13.3. The molecule has 0 unspecified atom stereocenters. The number of benzene rings is 3. The van der Waals surface area contributed by atoms with E-state index >= 15 is 0 Å². The standard InChI is InChI=1S/C25H22N4O4S/c30-24(28-15-13-27(14-16-28)21-10-4-5-11-22(21)29(31)32)19-8-2-1-7-18(19)17-34-25-26-20-9-3-6-12-23(20)33-25/h1-12H,13-17H2. The van der Waals surface area contributed by atoms with Crippen LogP contribution >= 0.6 is 11.8 Å². The molecule has 9 heteroatoms. The zero-order valence-corrected chi connectivity index (χ0v) is 19.1. The zero-order chi connectivity index (χ0) is 23.5. The topological polar surface area (TPSA) is 92.7 Å². The Morgan fingerprint density at radius 2 is 1.68 bits per heavy atom. The van der Waals surface area contributed by atoms with Gasteiger partial charge < -0.3 is 14.2 Å². The van der Waals surface area contributed by atoms with E-state index in [0.29, 0.717) is 48.4 Å². The number of nitrogens with zero attached hydrogens (tertiary/aromatic N) is 4. The Labute approximate surface area is 200 Å². The van der Waals surface area contributed by atoms with Crippen molar-refractivity contribution in [3.05, 3.63) is 94.0 Å². The molecule has 172 valence electrons. The van der Waals surface area contributed by atoms with Gasteiger partial charge in [0.25, 0.3) is 16.8 Å². The van der Waals surface area contributed by atoms with Crippen LogP contribution in [0.4, 0.5) is 11.4 Å². The van der Waals surface area contributed by atoms with Crippen LogP contribution in [-0.2, 0) is 5.75 Å². The molecule has 5 rings (SSSR count). The number of piperazine rings is 1. The van der Waals surface area contributed by atoms with Crippen LogP contribution in [0.5, 0.6) is 0 Å². The van der Waals surface area contributed by atoms with E-state index in [0.717, 1.165) is 16.7 Å². The number of nitro groups is 1. The molecule has 1 aliphatic rings. The second kappa shape index (κ2) is 9.56. The molecule has 34 heavy (non-hydrogen) atoms. The summed E-state index contributed by atoms with van der Waals surface area (Å²) in [6.07, 6.45) is 0. The summed E-state index contributed by atoms with van der Waals surface area (Å²) in [4.78, 5) is 32.6. The number of hydrogen-bond acceptors (Lipinski definition) is 7. The van der Waals surface area contributed by atoms with Gasteiger partial charge in [-0.3, -0.25) is 14.9 Å². The lowest BCUT2D eigenvalue weighted by Crippen LogP contribution is -2.49. The summed E-state index contributed by atoms with van der Waals surface area (Å²) < 4.78 is 5.79. The lowest BCUT2D eigenvalue weighted by molar-refractivity contribution is -0.384. The molecule has 1 aromatic heterocycles. The first-order chi connectivity index (χ1) is 16.6. The van der Waals surface area contributed by atoms with Crippen molar-refractivity contribution in [2.75, 3.05) is 31.1 Å². The number of carbonyl (C=O) groups is 1. The summed E-state index contributed by atoms with van der Waals surface area (Å²) in [5.41, 5.74) is 3.81. The number of oxazole rings is 1. The van der Waals surface area contributed by atoms with E-state index in [-0.39, 0.29) is 16.5 Å². The molecule has 8 nitrogen and oxygen atoms in total. The summed E-state index contributed by atoms with van der Waals surface area (Å²) in [6, 6.07) is 21.9. The van der Waals surface area contributed by atoms with Crippen LogP contribution in [0.1, 0.15) is 15.9 Å². The molecular weight excluding hydrogens is 452 g/mol. The molecule has 0 atom stereocenters. The van der Waals surface area contributed by atoms with Gasteiger partial charge in [0.05, 0.1) is 4.92 Å². The Kier molecular flexibility index (Phi) is 6.18. The first-order valence-corrected chi connectivity index (χ1v) is 11.9. The highest BCUT2D eigenvalue weighted by Gasteiger charge is 2.27. The minimum absolute atomic E-state index is 0.0315. The highest BCUT2D eigenvalue weighted by atomic mass is 32.2. The van der Waals surface area contributed by atoms with E-state index in [1.807, 2.05) is 58.3 Å². The molecule has 1 aliphatic heterocycles. The zero-order valence-electron chi connectivity index (χ0n) is 18.3. The van der Waals surface area contributed by atoms with Gasteiger partial charge >= 0.3 is 0 Å². The third-order valence-corrected chi connectivity index (χ3v) is 6.74. The van der Waals surface area contributed by atoms with Gasteiger partial charge in [-0.1, -0.05) is 54.2 Å². The van der Waals surface area contributed by atoms with Crippen LogP contribution in [-0.4, -0.2) is 46.9 Å². The fraction of sp³-hybridized carbons (Fsp3) is 0.200. The predicted octanol–water partition coefficient (Wildman–Crippen LogP) is 4.99. The first-order valence-electron chi connectivity index (χ1n) is 10.9. The Hall–Kier alpha value is -3.85. The van der Waals surface area contributed by atoms with Crippen molar-refractivity contribution in [2.24, 2.45) is 0 Å². The average Bonchev–Trinajstić information content (AvgIpc) is 3.30. The van der Waals surface area contributed by atoms with E-state index in [9.17, 15) is 14.9 Å². The van der Waals surface area contributed by atoms with Crippen LogP contribution in [0.25, 0.3) is 11.1 Å². The lowest BCUT2D eigenvalue weighted by atomic mass is 10.1. The maximum Gasteiger partial charge on any atom is 0.292 e. The third-order valence-electron chi connectivity index (χ3n) is 5.86. The molecule has 4 aromatic rings. The van der Waals surface area contributed by atoms with E-state index < -0.39 is 0 Å². The van der Waals surface area contributed by atoms with Gasteiger partial charge in [0.2, 0.25) is 0 Å². The van der Waals surface area contributed by atoms with Crippen molar-refractivity contribution in [2.45, 2.75) is 11.0 Å². The number of fused-ring (bicyclic) bond motifs is 1. The second-order valence-electron chi connectivity index (χ2n) is 7.92. The number of nitro benzene ring substituents is 1. The van der Waals surface area contributed by atoms with Crippen LogP contribution in [0.2, 0.25) is 0 Å². The van der Waals surface area contributed by atoms with E-state index in [4.69, 9.17) is 4.42 Å². The summed E-state index contributed by atoms with van der Waals surface area (Å²) in [5.74, 6) is 0.529. The molecule has 0 aliphatic carbocycles. The largest absolute Gasteiger partial charge is 0.431 e. The molecule has 1 amide bonds. The van der Waals surface area contributed by atoms with Crippen molar-refractivity contribution < 1.29 is 14.1 Å². The summed E-state index contributed by atoms with van der Waals surface area (Å²) in [6.45, 7) is 2.07. The number of hydrogen-bond donors (Lipinski definition) is 0. The molecule has 0 radical (unpaired) electrons. The normalized spacial score (nSPS) is 13.9. The number of aromatic nitrogens is 1. The molecule has 0 bridgehead atoms. The molecule has 3 aromatic carbocycles. The Balaban J connectivity index is 1.26. The molecular formula is C25H22N4O4S. The summed E-state index contributed by atoms with van der Waals surface area (Å²) >= 11 is 1.46. The number of para-hydroxylation sites is 4. The first kappa shape index (κ1) is 22.0. The molecule has 0 N–H and O–H groups in total. The lowest BCUT2D eigenvalue weighted by Gasteiger charge is -2.36. The fourth-order valence-corrected chi connectivity index (χ4v) is 4.96. The number of carbonyl (C=O) groups excluding carboxylic acids is 1. The van der Waals surface area contributed by atoms with Gasteiger partial charge in [0, 0.05) is 43.6 Å². The van der Waals surface area contributed by atoms with Gasteiger partial charge in [-0.15, -0.1) is 0 Å². The Morgan fingerprint density at radius 1 is 0.971 bits per heavy atom. The van der Waals surface area contributed by atoms with Crippen LogP contribution in [0.15, 0.2) is 82.4 Å². The van der Waals surface area contributed by atoms with E-state index in [2.05, 4.69) is 4.98 Å². The van der Waals surface area contributed by atoms with Crippen LogP contribution in [0, 0.1) is 10.1 Å². The monoisotopic (exact) mass is 474 g/mol. The van der Waals surface area contributed by atoms with Gasteiger partial charge in [-0.2, -0.15) is 0 Å². The summed E-state index contributed by atoms with van der Waals surface area (Å²) in [7, 11) is 0. The van der Waals surface area contributed by atoms with Gasteiger partial charge in [-0.05, 0) is 29.8 Å². The van der Waals surface area contributed by atoms with E-state index in [1.165, 1.54) is 17.8 Å². The highest BCUT2D eigenvalue weighted by Crippen LogP contribution is 2.30. The number of anilines is 1. The number of rotatable bonds is 6. The second-order valence-corrected chi connectivity index (χ2v) is 8.84. The number of amides is 1. The van der Waals surface area contributed by atoms with Gasteiger partial charge in [-0.25, -0.2) is 4.98 Å². The Bertz CT molecular complexity index is 1310. The molecule has 1 saturated heterocycles. The quantitative estimate of drug-likeness (QED) is 0.221. The molecule has 2 heterocycles. The molecule has 1 fully saturated rings. The van der Waals surface area contributed by atoms with Crippen LogP contribution in [0.3, 0.4) is 0 Å². The number of thioether (sulfide) groups is 1. The fourth-order valence-electron chi connectivity index (χ4n) is 4.11. The van der Waals surface area contributed by atoms with Gasteiger partial charge in [0.15, 0.2) is 5.58 Å². The van der Waals surface area contributed by atoms with Crippen molar-refractivity contribution in [1.82, 2.24) is 9.88 Å². The van der Waals surface area contributed by atoms with Crippen molar-refractivity contribution in [3.63, 3.8) is 0 Å². The van der Waals surface area contributed by atoms with Crippen molar-refractivity contribution in [1.29, 1.82) is 0 Å². The highest BCUT2D eigenvalue weighted by molar-refractivity contribution is 7.98. The van der Waals surface area contributed by atoms with Crippen molar-refractivity contribution in [3.8, 4) is 0 Å². The average molecular weight is 475 g/mol.